The Morgan fingerprint density at radius 2 is 1.57 bits per heavy atom. The first-order chi connectivity index (χ1) is 16.5. The topological polar surface area (TPSA) is 58.6 Å². The maximum atomic E-state index is 12.8. The number of hydrogen-bond donors (Lipinski definition) is 1. The van der Waals surface area contributed by atoms with E-state index in [9.17, 15) is 9.59 Å². The van der Waals surface area contributed by atoms with E-state index in [-0.39, 0.29) is 11.9 Å². The highest BCUT2D eigenvalue weighted by Crippen LogP contribution is 2.32. The number of carbonyl (C=O) groups excluding carboxylic acids is 2. The van der Waals surface area contributed by atoms with E-state index in [0.717, 1.165) is 38.5 Å². The van der Waals surface area contributed by atoms with Crippen molar-refractivity contribution in [2.45, 2.75) is 46.7 Å². The lowest BCUT2D eigenvalue weighted by Crippen LogP contribution is -2.39. The molecule has 3 aromatic rings. The molecule has 0 bridgehead atoms. The van der Waals surface area contributed by atoms with Gasteiger partial charge in [0.1, 0.15) is 6.04 Å². The molecule has 184 valence electrons. The highest BCUT2D eigenvalue weighted by Gasteiger charge is 2.20. The molecule has 0 heterocycles. The van der Waals surface area contributed by atoms with E-state index in [0.29, 0.717) is 5.56 Å². The van der Waals surface area contributed by atoms with E-state index in [2.05, 4.69) is 54.5 Å². The van der Waals surface area contributed by atoms with Crippen molar-refractivity contribution < 1.29 is 14.3 Å². The fourth-order valence-electron chi connectivity index (χ4n) is 4.27. The van der Waals surface area contributed by atoms with E-state index in [1.807, 2.05) is 45.0 Å². The molecule has 2 unspecified atom stereocenters. The largest absolute Gasteiger partial charge is 0.467 e. The summed E-state index contributed by atoms with van der Waals surface area (Å²) in [6.45, 7) is 9.62. The Labute approximate surface area is 213 Å². The van der Waals surface area contributed by atoms with Gasteiger partial charge in [-0.05, 0) is 86.2 Å². The Balaban J connectivity index is 1.88. The predicted octanol–water partition coefficient (Wildman–Crippen LogP) is 6.42. The summed E-state index contributed by atoms with van der Waals surface area (Å²) in [5.74, 6) is -0.765. The monoisotopic (exact) mass is 492 g/mol. The second-order valence-electron chi connectivity index (χ2n) is 9.05. The second kappa shape index (κ2) is 11.0. The minimum atomic E-state index is -0.718. The number of nitrogens with zero attached hydrogens (tertiary/aromatic N) is 1. The highest BCUT2D eigenvalue weighted by molar-refractivity contribution is 6.31. The Morgan fingerprint density at radius 3 is 2.17 bits per heavy atom. The van der Waals surface area contributed by atoms with Crippen LogP contribution in [0.1, 0.15) is 52.5 Å². The number of halogens is 1. The number of benzene rings is 3. The molecule has 35 heavy (non-hydrogen) atoms. The van der Waals surface area contributed by atoms with E-state index < -0.39 is 12.0 Å². The van der Waals surface area contributed by atoms with Gasteiger partial charge in [-0.25, -0.2) is 4.79 Å². The molecule has 0 aromatic heterocycles. The second-order valence-corrected chi connectivity index (χ2v) is 9.46. The van der Waals surface area contributed by atoms with Crippen molar-refractivity contribution in [2.75, 3.05) is 19.1 Å². The molecule has 0 radical (unpaired) electrons. The van der Waals surface area contributed by atoms with Crippen LogP contribution < -0.4 is 10.2 Å². The first-order valence-corrected chi connectivity index (χ1v) is 12.0. The zero-order chi connectivity index (χ0) is 25.9. The van der Waals surface area contributed by atoms with Gasteiger partial charge in [-0.15, -0.1) is 0 Å². The average Bonchev–Trinajstić information content (AvgIpc) is 2.83. The number of ether oxygens (including phenoxy) is 1. The summed E-state index contributed by atoms with van der Waals surface area (Å²) in [7, 11) is 3.39. The summed E-state index contributed by atoms with van der Waals surface area (Å²) in [6, 6.07) is 18.0. The molecule has 3 rings (SSSR count). The van der Waals surface area contributed by atoms with Gasteiger partial charge in [0.15, 0.2) is 0 Å². The summed E-state index contributed by atoms with van der Waals surface area (Å²) in [5, 5.41) is 3.49. The molecule has 5 nitrogen and oxygen atoms in total. The molecule has 0 fully saturated rings. The van der Waals surface area contributed by atoms with Crippen LogP contribution in [0.5, 0.6) is 0 Å². The van der Waals surface area contributed by atoms with Crippen LogP contribution in [0.2, 0.25) is 5.02 Å². The van der Waals surface area contributed by atoms with Crippen LogP contribution in [0.3, 0.4) is 0 Å². The SMILES string of the molecule is COC(=O)C(C)NC(=O)c1c(C)cc(-c2cccc(N(C)C(C)c3ccc(Cl)c(C)c3)c2)cc1C. The van der Waals surface area contributed by atoms with Gasteiger partial charge in [-0.2, -0.15) is 0 Å². The molecule has 0 aliphatic carbocycles. The fourth-order valence-corrected chi connectivity index (χ4v) is 4.39. The number of anilines is 1. The molecule has 0 saturated carbocycles. The number of hydrogen-bond acceptors (Lipinski definition) is 4. The van der Waals surface area contributed by atoms with E-state index in [1.165, 1.54) is 12.7 Å². The fraction of sp³-hybridized carbons (Fsp3) is 0.310. The number of aryl methyl sites for hydroxylation is 3. The molecule has 1 amide bonds. The average molecular weight is 493 g/mol. The standard InChI is InChI=1S/C29H33ClN2O3/c1-17-13-22(11-12-26(17)30)21(5)32(6)25-10-8-9-23(16-25)24-14-18(2)27(19(3)15-24)28(33)31-20(4)29(34)35-7/h8-16,20-21H,1-7H3,(H,31,33). The zero-order valence-electron chi connectivity index (χ0n) is 21.4. The molecular weight excluding hydrogens is 460 g/mol. The Bertz CT molecular complexity index is 1230. The van der Waals surface area contributed by atoms with Crippen molar-refractivity contribution in [3.8, 4) is 11.1 Å². The van der Waals surface area contributed by atoms with E-state index in [1.54, 1.807) is 6.92 Å². The minimum Gasteiger partial charge on any atom is -0.467 e. The number of carbonyl (C=O) groups is 2. The van der Waals surface area contributed by atoms with Crippen LogP contribution in [-0.4, -0.2) is 32.1 Å². The van der Waals surface area contributed by atoms with Crippen molar-refractivity contribution in [1.82, 2.24) is 5.32 Å². The van der Waals surface area contributed by atoms with Gasteiger partial charge in [-0.1, -0.05) is 48.0 Å². The molecule has 2 atom stereocenters. The minimum absolute atomic E-state index is 0.160. The summed E-state index contributed by atoms with van der Waals surface area (Å²) in [6.07, 6.45) is 0. The van der Waals surface area contributed by atoms with E-state index in [4.69, 9.17) is 16.3 Å². The maximum absolute atomic E-state index is 12.8. The number of esters is 1. The van der Waals surface area contributed by atoms with Crippen LogP contribution in [-0.2, 0) is 9.53 Å². The molecule has 1 N–H and O–H groups in total. The van der Waals surface area contributed by atoms with Crippen molar-refractivity contribution in [1.29, 1.82) is 0 Å². The van der Waals surface area contributed by atoms with E-state index >= 15 is 0 Å². The van der Waals surface area contributed by atoms with Gasteiger partial charge in [0, 0.05) is 23.3 Å². The Morgan fingerprint density at radius 1 is 0.914 bits per heavy atom. The highest BCUT2D eigenvalue weighted by atomic mass is 35.5. The Hall–Kier alpha value is -3.31. The molecule has 3 aromatic carbocycles. The van der Waals surface area contributed by atoms with Crippen LogP contribution in [0, 0.1) is 20.8 Å². The molecule has 0 saturated heterocycles. The lowest BCUT2D eigenvalue weighted by molar-refractivity contribution is -0.142. The lowest BCUT2D eigenvalue weighted by Gasteiger charge is -2.28. The quantitative estimate of drug-likeness (QED) is 0.386. The van der Waals surface area contributed by atoms with Crippen LogP contribution in [0.4, 0.5) is 5.69 Å². The summed E-state index contributed by atoms with van der Waals surface area (Å²) in [4.78, 5) is 26.8. The van der Waals surface area contributed by atoms with Gasteiger partial charge >= 0.3 is 5.97 Å². The van der Waals surface area contributed by atoms with Crippen molar-refractivity contribution in [3.05, 3.63) is 87.4 Å². The van der Waals surface area contributed by atoms with Crippen LogP contribution in [0.25, 0.3) is 11.1 Å². The summed E-state index contributed by atoms with van der Waals surface area (Å²) in [5.41, 5.74) is 7.71. The number of nitrogens with one attached hydrogen (secondary N) is 1. The Kier molecular flexibility index (Phi) is 8.23. The third-order valence-electron chi connectivity index (χ3n) is 6.49. The zero-order valence-corrected chi connectivity index (χ0v) is 22.2. The normalized spacial score (nSPS) is 12.6. The molecular formula is C29H33ClN2O3. The van der Waals surface area contributed by atoms with Crippen LogP contribution >= 0.6 is 11.6 Å². The molecule has 0 aliphatic rings. The number of amides is 1. The van der Waals surface area contributed by atoms with Gasteiger partial charge < -0.3 is 15.0 Å². The molecule has 0 aliphatic heterocycles. The van der Waals surface area contributed by atoms with Gasteiger partial charge in [-0.3, -0.25) is 4.79 Å². The summed E-state index contributed by atoms with van der Waals surface area (Å²) < 4.78 is 4.71. The predicted molar refractivity (Wildman–Crippen MR) is 143 cm³/mol. The van der Waals surface area contributed by atoms with Crippen molar-refractivity contribution in [2.24, 2.45) is 0 Å². The first kappa shape index (κ1) is 26.3. The number of methoxy groups -OCH3 is 1. The third kappa shape index (κ3) is 5.85. The third-order valence-corrected chi connectivity index (χ3v) is 6.92. The smallest absolute Gasteiger partial charge is 0.328 e. The van der Waals surface area contributed by atoms with Gasteiger partial charge in [0.2, 0.25) is 0 Å². The molecule has 6 heteroatoms. The maximum Gasteiger partial charge on any atom is 0.328 e. The van der Waals surface area contributed by atoms with Gasteiger partial charge in [0.25, 0.3) is 5.91 Å². The van der Waals surface area contributed by atoms with Crippen molar-refractivity contribution >= 4 is 29.2 Å². The van der Waals surface area contributed by atoms with Crippen LogP contribution in [0.15, 0.2) is 54.6 Å². The lowest BCUT2D eigenvalue weighted by atomic mass is 9.94. The van der Waals surface area contributed by atoms with Gasteiger partial charge in [0.05, 0.1) is 13.2 Å². The molecule has 0 spiro atoms. The first-order valence-electron chi connectivity index (χ1n) is 11.6. The number of rotatable bonds is 7. The summed E-state index contributed by atoms with van der Waals surface area (Å²) >= 11 is 6.21. The van der Waals surface area contributed by atoms with Crippen molar-refractivity contribution in [3.63, 3.8) is 0 Å².